The van der Waals surface area contributed by atoms with Gasteiger partial charge in [0.25, 0.3) is 0 Å². The minimum atomic E-state index is -0.882. The van der Waals surface area contributed by atoms with Crippen LogP contribution in [0, 0.1) is 0 Å². The summed E-state index contributed by atoms with van der Waals surface area (Å²) >= 11 is 1.14. The molecule has 0 amide bonds. The van der Waals surface area contributed by atoms with Crippen molar-refractivity contribution >= 4 is 28.5 Å². The molecule has 0 spiro atoms. The molecular weight excluding hydrogens is 288 g/mol. The predicted molar refractivity (Wildman–Crippen MR) is 80.1 cm³/mol. The summed E-state index contributed by atoms with van der Waals surface area (Å²) in [6.45, 7) is 0. The van der Waals surface area contributed by atoms with Crippen LogP contribution < -0.4 is 0 Å². The number of aliphatic carboxylic acids is 1. The van der Waals surface area contributed by atoms with Crippen molar-refractivity contribution in [3.8, 4) is 11.5 Å². The van der Waals surface area contributed by atoms with Crippen LogP contribution in [0.3, 0.4) is 0 Å². The Bertz CT molecular complexity index is 810. The quantitative estimate of drug-likeness (QED) is 0.744. The lowest BCUT2D eigenvalue weighted by Gasteiger charge is -2.05. The highest BCUT2D eigenvalue weighted by Gasteiger charge is 2.15. The lowest BCUT2D eigenvalue weighted by molar-refractivity contribution is -0.133. The molecule has 3 rings (SSSR count). The van der Waals surface area contributed by atoms with Gasteiger partial charge in [0.05, 0.1) is 5.75 Å². The molecule has 1 aromatic carbocycles. The second-order valence-corrected chi connectivity index (χ2v) is 5.37. The van der Waals surface area contributed by atoms with Gasteiger partial charge in [-0.1, -0.05) is 36.0 Å². The Labute approximate surface area is 124 Å². The monoisotopic (exact) mass is 300 g/mol. The van der Waals surface area contributed by atoms with Crippen molar-refractivity contribution in [2.45, 2.75) is 5.16 Å². The number of aromatic nitrogens is 4. The Morgan fingerprint density at radius 1 is 1.29 bits per heavy atom. The standard InChI is InChI=1S/C14H12N4O2S/c1-18-13(16-17-14(18)21-8-11(19)20)12-10-5-3-2-4-9(10)6-7-15-12/h2-7H,8H2,1H3,(H,19,20). The predicted octanol–water partition coefficient (Wildman–Crippen LogP) is 2.21. The van der Waals surface area contributed by atoms with Crippen LogP contribution in [0.25, 0.3) is 22.3 Å². The minimum absolute atomic E-state index is 0.0467. The normalized spacial score (nSPS) is 10.9. The molecule has 7 heteroatoms. The molecule has 2 heterocycles. The van der Waals surface area contributed by atoms with Crippen molar-refractivity contribution in [3.05, 3.63) is 36.5 Å². The van der Waals surface area contributed by atoms with E-state index >= 15 is 0 Å². The Kier molecular flexibility index (Phi) is 3.57. The molecule has 0 aliphatic heterocycles. The number of pyridine rings is 1. The molecule has 0 saturated carbocycles. The van der Waals surface area contributed by atoms with Crippen molar-refractivity contribution in [1.82, 2.24) is 19.7 Å². The van der Waals surface area contributed by atoms with E-state index < -0.39 is 5.97 Å². The van der Waals surface area contributed by atoms with Crippen LogP contribution in [0.15, 0.2) is 41.7 Å². The van der Waals surface area contributed by atoms with Crippen LogP contribution in [0.4, 0.5) is 0 Å². The highest BCUT2D eigenvalue weighted by Crippen LogP contribution is 2.27. The summed E-state index contributed by atoms with van der Waals surface area (Å²) in [6, 6.07) is 9.85. The van der Waals surface area contributed by atoms with Gasteiger partial charge in [0.15, 0.2) is 11.0 Å². The topological polar surface area (TPSA) is 80.9 Å². The average molecular weight is 300 g/mol. The third kappa shape index (κ3) is 2.59. The number of carbonyl (C=O) groups is 1. The molecule has 1 N–H and O–H groups in total. The Hall–Kier alpha value is -2.41. The summed E-state index contributed by atoms with van der Waals surface area (Å²) in [4.78, 5) is 15.0. The zero-order chi connectivity index (χ0) is 14.8. The van der Waals surface area contributed by atoms with Crippen LogP contribution in [0.5, 0.6) is 0 Å². The van der Waals surface area contributed by atoms with Gasteiger partial charge < -0.3 is 9.67 Å². The van der Waals surface area contributed by atoms with Gasteiger partial charge in [-0.2, -0.15) is 0 Å². The zero-order valence-electron chi connectivity index (χ0n) is 11.2. The van der Waals surface area contributed by atoms with E-state index in [1.54, 1.807) is 10.8 Å². The third-order valence-electron chi connectivity index (χ3n) is 3.05. The summed E-state index contributed by atoms with van der Waals surface area (Å²) in [5.74, 6) is -0.304. The maximum atomic E-state index is 10.6. The Balaban J connectivity index is 2.05. The largest absolute Gasteiger partial charge is 0.481 e. The van der Waals surface area contributed by atoms with E-state index in [4.69, 9.17) is 5.11 Å². The Morgan fingerprint density at radius 2 is 2.10 bits per heavy atom. The van der Waals surface area contributed by atoms with Gasteiger partial charge in [0, 0.05) is 18.6 Å². The number of carboxylic acids is 1. The van der Waals surface area contributed by atoms with Gasteiger partial charge in [-0.05, 0) is 11.5 Å². The van der Waals surface area contributed by atoms with Crippen LogP contribution in [-0.2, 0) is 11.8 Å². The van der Waals surface area contributed by atoms with E-state index in [-0.39, 0.29) is 5.75 Å². The van der Waals surface area contributed by atoms with Gasteiger partial charge in [-0.3, -0.25) is 9.78 Å². The summed E-state index contributed by atoms with van der Waals surface area (Å²) in [7, 11) is 1.81. The number of rotatable bonds is 4. The SMILES string of the molecule is Cn1c(SCC(=O)O)nnc1-c1nccc2ccccc12. The first kappa shape index (κ1) is 13.6. The molecule has 0 aliphatic carbocycles. The molecule has 0 bridgehead atoms. The summed E-state index contributed by atoms with van der Waals surface area (Å²) in [6.07, 6.45) is 1.73. The van der Waals surface area contributed by atoms with E-state index in [9.17, 15) is 4.79 Å². The molecule has 21 heavy (non-hydrogen) atoms. The van der Waals surface area contributed by atoms with Crippen molar-refractivity contribution in [2.24, 2.45) is 7.05 Å². The third-order valence-corrected chi connectivity index (χ3v) is 4.05. The lowest BCUT2D eigenvalue weighted by Crippen LogP contribution is -2.01. The van der Waals surface area contributed by atoms with E-state index in [1.165, 1.54) is 0 Å². The van der Waals surface area contributed by atoms with Gasteiger partial charge in [-0.15, -0.1) is 10.2 Å². The van der Waals surface area contributed by atoms with Crippen LogP contribution >= 0.6 is 11.8 Å². The molecule has 2 aromatic heterocycles. The number of thioether (sulfide) groups is 1. The fourth-order valence-corrected chi connectivity index (χ4v) is 2.70. The Morgan fingerprint density at radius 3 is 2.90 bits per heavy atom. The van der Waals surface area contributed by atoms with Crippen molar-refractivity contribution < 1.29 is 9.90 Å². The van der Waals surface area contributed by atoms with E-state index in [1.807, 2.05) is 37.4 Å². The summed E-state index contributed by atoms with van der Waals surface area (Å²) in [5.41, 5.74) is 0.741. The van der Waals surface area contributed by atoms with Gasteiger partial charge in [0.2, 0.25) is 0 Å². The molecule has 0 saturated heterocycles. The van der Waals surface area contributed by atoms with E-state index in [2.05, 4.69) is 15.2 Å². The number of carboxylic acid groups (broad SMARTS) is 1. The van der Waals surface area contributed by atoms with Crippen LogP contribution in [0.2, 0.25) is 0 Å². The smallest absolute Gasteiger partial charge is 0.313 e. The molecular formula is C14H12N4O2S. The second kappa shape index (κ2) is 5.53. The molecule has 6 nitrogen and oxygen atoms in total. The molecule has 0 unspecified atom stereocenters. The number of fused-ring (bicyclic) bond motifs is 1. The van der Waals surface area contributed by atoms with E-state index in [0.29, 0.717) is 11.0 Å². The number of benzene rings is 1. The molecule has 106 valence electrons. The summed E-state index contributed by atoms with van der Waals surface area (Å²) in [5, 5.41) is 19.6. The van der Waals surface area contributed by atoms with Crippen molar-refractivity contribution in [1.29, 1.82) is 0 Å². The average Bonchev–Trinajstić information content (AvgIpc) is 2.85. The zero-order valence-corrected chi connectivity index (χ0v) is 12.0. The first-order valence-corrected chi connectivity index (χ1v) is 7.23. The maximum Gasteiger partial charge on any atom is 0.313 e. The number of hydrogen-bond donors (Lipinski definition) is 1. The molecule has 0 aliphatic rings. The van der Waals surface area contributed by atoms with Crippen molar-refractivity contribution in [3.63, 3.8) is 0 Å². The van der Waals surface area contributed by atoms with Crippen LogP contribution in [-0.4, -0.2) is 36.6 Å². The number of hydrogen-bond acceptors (Lipinski definition) is 5. The molecule has 0 radical (unpaired) electrons. The maximum absolute atomic E-state index is 10.6. The van der Waals surface area contributed by atoms with Gasteiger partial charge >= 0.3 is 5.97 Å². The highest BCUT2D eigenvalue weighted by atomic mass is 32.2. The number of nitrogens with zero attached hydrogens (tertiary/aromatic N) is 4. The first-order valence-electron chi connectivity index (χ1n) is 6.25. The van der Waals surface area contributed by atoms with Crippen LogP contribution in [0.1, 0.15) is 0 Å². The van der Waals surface area contributed by atoms with E-state index in [0.717, 1.165) is 28.2 Å². The summed E-state index contributed by atoms with van der Waals surface area (Å²) < 4.78 is 1.77. The van der Waals surface area contributed by atoms with Gasteiger partial charge in [0.1, 0.15) is 5.69 Å². The molecule has 3 aromatic rings. The highest BCUT2D eigenvalue weighted by molar-refractivity contribution is 7.99. The molecule has 0 atom stereocenters. The van der Waals surface area contributed by atoms with Gasteiger partial charge in [-0.25, -0.2) is 0 Å². The fraction of sp³-hybridized carbons (Fsp3) is 0.143. The lowest BCUT2D eigenvalue weighted by atomic mass is 10.1. The van der Waals surface area contributed by atoms with Crippen molar-refractivity contribution in [2.75, 3.05) is 5.75 Å². The fourth-order valence-electron chi connectivity index (χ4n) is 2.07. The second-order valence-electron chi connectivity index (χ2n) is 4.43. The molecule has 0 fully saturated rings. The first-order chi connectivity index (χ1) is 10.2. The minimum Gasteiger partial charge on any atom is -0.481 e.